The van der Waals surface area contributed by atoms with E-state index in [1.165, 1.54) is 32.2 Å². The molecule has 2 amide bonds. The topological polar surface area (TPSA) is 131 Å². The maximum absolute atomic E-state index is 12.2. The van der Waals surface area contributed by atoms with Crippen molar-refractivity contribution in [2.24, 2.45) is 0 Å². The number of ether oxygens (including phenoxy) is 2. The number of hydrogen-bond acceptors (Lipinski definition) is 7. The summed E-state index contributed by atoms with van der Waals surface area (Å²) in [6, 6.07) is 0.897. The van der Waals surface area contributed by atoms with E-state index in [4.69, 9.17) is 9.47 Å². The van der Waals surface area contributed by atoms with Crippen LogP contribution in [0.5, 0.6) is 11.5 Å². The summed E-state index contributed by atoms with van der Waals surface area (Å²) in [6.45, 7) is 1.56. The Morgan fingerprint density at radius 3 is 2.56 bits per heavy atom. The summed E-state index contributed by atoms with van der Waals surface area (Å²) in [7, 11) is 3.90. The smallest absolute Gasteiger partial charge is 0.337 e. The number of nitro groups is 1. The van der Waals surface area contributed by atoms with Gasteiger partial charge in [0.25, 0.3) is 0 Å². The summed E-state index contributed by atoms with van der Waals surface area (Å²) in [5.74, 6) is -1.49. The van der Waals surface area contributed by atoms with Gasteiger partial charge in [0, 0.05) is 18.8 Å². The highest BCUT2D eigenvalue weighted by Gasteiger charge is 2.36. The van der Waals surface area contributed by atoms with Crippen molar-refractivity contribution in [3.63, 3.8) is 0 Å². The highest BCUT2D eigenvalue weighted by atomic mass is 16.6. The van der Waals surface area contributed by atoms with Gasteiger partial charge >= 0.3 is 17.7 Å². The summed E-state index contributed by atoms with van der Waals surface area (Å²) in [4.78, 5) is 35.9. The fourth-order valence-electron chi connectivity index (χ4n) is 2.54. The monoisotopic (exact) mass is 351 g/mol. The van der Waals surface area contributed by atoms with Crippen LogP contribution in [-0.2, 0) is 9.53 Å². The van der Waals surface area contributed by atoms with Gasteiger partial charge in [-0.2, -0.15) is 0 Å². The molecule has 1 atom stereocenters. The third-order valence-electron chi connectivity index (χ3n) is 3.99. The van der Waals surface area contributed by atoms with E-state index in [1.54, 1.807) is 6.92 Å². The van der Waals surface area contributed by atoms with Crippen molar-refractivity contribution in [2.45, 2.75) is 13.0 Å². The van der Waals surface area contributed by atoms with Gasteiger partial charge in [0.05, 0.1) is 30.8 Å². The van der Waals surface area contributed by atoms with Crippen LogP contribution in [0, 0.1) is 10.1 Å². The number of rotatable bonds is 4. The van der Waals surface area contributed by atoms with Crippen LogP contribution in [0.2, 0.25) is 0 Å². The maximum atomic E-state index is 12.2. The standard InChI is InChI=1S/C15H17N3O7/c1-7-11(14(20)25-4)12(16-15(21)17(7)2)8-5-9(18(22)23)13(19)10(6-8)24-3/h5-6,12,19H,1-4H3,(H,16,21)/t12-/m1/s1. The van der Waals surface area contributed by atoms with Crippen LogP contribution in [0.3, 0.4) is 0 Å². The number of phenols is 1. The summed E-state index contributed by atoms with van der Waals surface area (Å²) in [5, 5.41) is 23.6. The van der Waals surface area contributed by atoms with Crippen LogP contribution in [0.15, 0.2) is 23.4 Å². The van der Waals surface area contributed by atoms with E-state index in [1.807, 2.05) is 0 Å². The molecule has 2 rings (SSSR count). The Morgan fingerprint density at radius 2 is 2.04 bits per heavy atom. The first-order valence-electron chi connectivity index (χ1n) is 7.11. The number of nitro benzene ring substituents is 1. The Balaban J connectivity index is 2.70. The van der Waals surface area contributed by atoms with E-state index < -0.39 is 34.4 Å². The second-order valence-electron chi connectivity index (χ2n) is 5.28. The maximum Gasteiger partial charge on any atom is 0.337 e. The summed E-state index contributed by atoms with van der Waals surface area (Å²) in [5.41, 5.74) is 0.0499. The number of carbonyl (C=O) groups excluding carboxylic acids is 2. The first kappa shape index (κ1) is 18.0. The Morgan fingerprint density at radius 1 is 1.40 bits per heavy atom. The average Bonchev–Trinajstić information content (AvgIpc) is 2.58. The minimum absolute atomic E-state index is 0.117. The highest BCUT2D eigenvalue weighted by Crippen LogP contribution is 2.41. The molecule has 0 aliphatic carbocycles. The Hall–Kier alpha value is -3.30. The molecule has 0 radical (unpaired) electrons. The molecular weight excluding hydrogens is 334 g/mol. The first-order valence-corrected chi connectivity index (χ1v) is 7.11. The molecule has 1 heterocycles. The molecule has 0 saturated heterocycles. The third-order valence-corrected chi connectivity index (χ3v) is 3.99. The van der Waals surface area contributed by atoms with E-state index in [0.29, 0.717) is 5.70 Å². The van der Waals surface area contributed by atoms with Crippen LogP contribution < -0.4 is 10.1 Å². The van der Waals surface area contributed by atoms with Gasteiger partial charge in [-0.15, -0.1) is 0 Å². The van der Waals surface area contributed by atoms with Crippen molar-refractivity contribution in [3.8, 4) is 11.5 Å². The van der Waals surface area contributed by atoms with E-state index in [0.717, 1.165) is 6.07 Å². The van der Waals surface area contributed by atoms with Crippen molar-refractivity contribution >= 4 is 17.7 Å². The Kier molecular flexibility index (Phi) is 4.82. The molecule has 10 heteroatoms. The van der Waals surface area contributed by atoms with E-state index in [-0.39, 0.29) is 16.9 Å². The highest BCUT2D eigenvalue weighted by molar-refractivity contribution is 5.95. The molecule has 0 saturated carbocycles. The molecule has 1 aliphatic heterocycles. The zero-order chi connectivity index (χ0) is 18.9. The number of allylic oxidation sites excluding steroid dienone is 1. The second-order valence-corrected chi connectivity index (χ2v) is 5.28. The van der Waals surface area contributed by atoms with Crippen molar-refractivity contribution < 1.29 is 29.1 Å². The predicted octanol–water partition coefficient (Wildman–Crippen LogP) is 1.45. The summed E-state index contributed by atoms with van der Waals surface area (Å²) in [6.07, 6.45) is 0. The number of amides is 2. The molecule has 0 unspecified atom stereocenters. The number of aromatic hydroxyl groups is 1. The van der Waals surface area contributed by atoms with Gasteiger partial charge in [-0.05, 0) is 18.6 Å². The molecule has 1 aromatic rings. The lowest BCUT2D eigenvalue weighted by Crippen LogP contribution is -2.46. The molecule has 0 fully saturated rings. The Labute approximate surface area is 142 Å². The van der Waals surface area contributed by atoms with Gasteiger partial charge in [0.15, 0.2) is 5.75 Å². The van der Waals surface area contributed by atoms with Crippen molar-refractivity contribution in [2.75, 3.05) is 21.3 Å². The van der Waals surface area contributed by atoms with Crippen molar-refractivity contribution in [1.82, 2.24) is 10.2 Å². The quantitative estimate of drug-likeness (QED) is 0.477. The van der Waals surface area contributed by atoms with Gasteiger partial charge in [-0.1, -0.05) is 0 Å². The van der Waals surface area contributed by atoms with Crippen LogP contribution in [0.25, 0.3) is 0 Å². The summed E-state index contributed by atoms with van der Waals surface area (Å²) < 4.78 is 9.72. The molecule has 10 nitrogen and oxygen atoms in total. The predicted molar refractivity (Wildman–Crippen MR) is 85.1 cm³/mol. The molecule has 0 spiro atoms. The van der Waals surface area contributed by atoms with Crippen molar-refractivity contribution in [3.05, 3.63) is 39.1 Å². The van der Waals surface area contributed by atoms with Gasteiger partial charge < -0.3 is 24.8 Å². The number of nitrogens with zero attached hydrogens (tertiary/aromatic N) is 2. The SMILES string of the molecule is COC(=O)C1=C(C)N(C)C(=O)N[C@@H]1c1cc(OC)c(O)c([N+](=O)[O-])c1. The lowest BCUT2D eigenvalue weighted by Gasteiger charge is -2.33. The molecule has 2 N–H and O–H groups in total. The number of carbonyl (C=O) groups is 2. The third kappa shape index (κ3) is 3.05. The number of hydrogen-bond donors (Lipinski definition) is 2. The average molecular weight is 351 g/mol. The molecule has 25 heavy (non-hydrogen) atoms. The fourth-order valence-corrected chi connectivity index (χ4v) is 2.54. The molecule has 134 valence electrons. The minimum atomic E-state index is -0.996. The number of phenolic OH excluding ortho intramolecular Hbond substituents is 1. The molecule has 0 bridgehead atoms. The fraction of sp³-hybridized carbons (Fsp3) is 0.333. The van der Waals surface area contributed by atoms with Gasteiger partial charge in [0.1, 0.15) is 0 Å². The summed E-state index contributed by atoms with van der Waals surface area (Å²) >= 11 is 0. The largest absolute Gasteiger partial charge is 0.500 e. The van der Waals surface area contributed by atoms with Gasteiger partial charge in [0.2, 0.25) is 5.75 Å². The van der Waals surface area contributed by atoms with Crippen LogP contribution >= 0.6 is 0 Å². The second kappa shape index (κ2) is 6.67. The zero-order valence-corrected chi connectivity index (χ0v) is 14.0. The van der Waals surface area contributed by atoms with E-state index >= 15 is 0 Å². The minimum Gasteiger partial charge on any atom is -0.500 e. The first-order chi connectivity index (χ1) is 11.7. The number of benzene rings is 1. The van der Waals surface area contributed by atoms with Gasteiger partial charge in [-0.25, -0.2) is 9.59 Å². The van der Waals surface area contributed by atoms with Crippen LogP contribution in [-0.4, -0.2) is 48.2 Å². The van der Waals surface area contributed by atoms with E-state index in [2.05, 4.69) is 5.32 Å². The lowest BCUT2D eigenvalue weighted by molar-refractivity contribution is -0.386. The van der Waals surface area contributed by atoms with Gasteiger partial charge in [-0.3, -0.25) is 10.1 Å². The zero-order valence-electron chi connectivity index (χ0n) is 14.0. The normalized spacial score (nSPS) is 17.2. The van der Waals surface area contributed by atoms with Crippen LogP contribution in [0.4, 0.5) is 10.5 Å². The lowest BCUT2D eigenvalue weighted by atomic mass is 9.94. The molecule has 1 aliphatic rings. The number of nitrogens with one attached hydrogen (secondary N) is 1. The van der Waals surface area contributed by atoms with Crippen LogP contribution in [0.1, 0.15) is 18.5 Å². The molecule has 0 aromatic heterocycles. The number of methoxy groups -OCH3 is 2. The molecule has 1 aromatic carbocycles. The number of urea groups is 1. The Bertz CT molecular complexity index is 788. The number of esters is 1. The van der Waals surface area contributed by atoms with Crippen molar-refractivity contribution in [1.29, 1.82) is 0 Å². The van der Waals surface area contributed by atoms with E-state index in [9.17, 15) is 24.8 Å². The molecular formula is C15H17N3O7.